The smallest absolute Gasteiger partial charge is 0.322 e. The highest BCUT2D eigenvalue weighted by molar-refractivity contribution is 7.10. The summed E-state index contributed by atoms with van der Waals surface area (Å²) in [5.74, 6) is -0.300. The largest absolute Gasteiger partial charge is 0.335 e. The Hall–Kier alpha value is -1.88. The number of nitrogens with zero attached hydrogens (tertiary/aromatic N) is 1. The third kappa shape index (κ3) is 1.86. The van der Waals surface area contributed by atoms with E-state index in [1.165, 1.54) is 12.1 Å². The van der Waals surface area contributed by atoms with Gasteiger partial charge in [-0.15, -0.1) is 11.3 Å². The molecule has 2 amide bonds. The fourth-order valence-corrected chi connectivity index (χ4v) is 2.93. The molecule has 1 aromatic carbocycles. The molecular weight excluding hydrogens is 251 g/mol. The van der Waals surface area contributed by atoms with Crippen LogP contribution in [-0.2, 0) is 0 Å². The molecule has 2 heterocycles. The van der Waals surface area contributed by atoms with Gasteiger partial charge in [0.15, 0.2) is 0 Å². The van der Waals surface area contributed by atoms with E-state index in [4.69, 9.17) is 0 Å². The number of amides is 2. The maximum Gasteiger partial charge on any atom is 0.322 e. The van der Waals surface area contributed by atoms with Gasteiger partial charge in [-0.1, -0.05) is 6.07 Å². The van der Waals surface area contributed by atoms with Gasteiger partial charge >= 0.3 is 6.03 Å². The van der Waals surface area contributed by atoms with E-state index in [9.17, 15) is 9.18 Å². The Kier molecular flexibility index (Phi) is 2.76. The molecule has 1 N–H and O–H groups in total. The van der Waals surface area contributed by atoms with Crippen LogP contribution in [0.2, 0.25) is 0 Å². The molecule has 3 rings (SSSR count). The van der Waals surface area contributed by atoms with Gasteiger partial charge < -0.3 is 5.32 Å². The van der Waals surface area contributed by atoms with Gasteiger partial charge in [0.05, 0.1) is 6.04 Å². The van der Waals surface area contributed by atoms with Crippen molar-refractivity contribution in [1.29, 1.82) is 0 Å². The molecule has 0 saturated carbocycles. The maximum absolute atomic E-state index is 12.9. The zero-order valence-electron chi connectivity index (χ0n) is 9.47. The predicted octanol–water partition coefficient (Wildman–Crippen LogP) is 3.16. The fourth-order valence-electron chi connectivity index (χ4n) is 2.11. The summed E-state index contributed by atoms with van der Waals surface area (Å²) >= 11 is 1.62. The molecule has 2 aromatic rings. The highest BCUT2D eigenvalue weighted by Crippen LogP contribution is 2.32. The van der Waals surface area contributed by atoms with Crippen molar-refractivity contribution in [3.05, 3.63) is 52.5 Å². The summed E-state index contributed by atoms with van der Waals surface area (Å²) in [5.41, 5.74) is 0.713. The summed E-state index contributed by atoms with van der Waals surface area (Å²) in [4.78, 5) is 14.7. The Balaban J connectivity index is 1.97. The van der Waals surface area contributed by atoms with E-state index >= 15 is 0 Å². The number of rotatable bonds is 2. The molecule has 1 aliphatic rings. The van der Waals surface area contributed by atoms with Crippen LogP contribution in [0.4, 0.5) is 14.9 Å². The average molecular weight is 262 g/mol. The maximum atomic E-state index is 12.9. The molecule has 0 radical (unpaired) electrons. The Bertz CT molecular complexity index is 553. The first-order valence-corrected chi connectivity index (χ1v) is 6.50. The van der Waals surface area contributed by atoms with Gasteiger partial charge in [0.25, 0.3) is 0 Å². The van der Waals surface area contributed by atoms with Crippen LogP contribution in [0.1, 0.15) is 10.9 Å². The average Bonchev–Trinajstić information content (AvgIpc) is 2.99. The molecule has 0 bridgehead atoms. The molecule has 0 spiro atoms. The second-order valence-electron chi connectivity index (χ2n) is 4.06. The van der Waals surface area contributed by atoms with Crippen molar-refractivity contribution in [2.45, 2.75) is 6.04 Å². The molecule has 1 atom stereocenters. The van der Waals surface area contributed by atoms with Crippen LogP contribution in [0.3, 0.4) is 0 Å². The van der Waals surface area contributed by atoms with Crippen LogP contribution in [0, 0.1) is 5.82 Å². The van der Waals surface area contributed by atoms with E-state index in [2.05, 4.69) is 5.32 Å². The highest BCUT2D eigenvalue weighted by Gasteiger charge is 2.33. The number of hydrogen-bond donors (Lipinski definition) is 1. The molecule has 1 aliphatic heterocycles. The van der Waals surface area contributed by atoms with Crippen LogP contribution >= 0.6 is 11.3 Å². The molecular formula is C13H11FN2OS. The van der Waals surface area contributed by atoms with Crippen molar-refractivity contribution in [3.63, 3.8) is 0 Å². The number of halogens is 1. The number of thiophene rings is 1. The number of anilines is 1. The van der Waals surface area contributed by atoms with E-state index in [-0.39, 0.29) is 17.9 Å². The van der Waals surface area contributed by atoms with Gasteiger partial charge in [0, 0.05) is 17.1 Å². The summed E-state index contributed by atoms with van der Waals surface area (Å²) in [5, 5.41) is 4.81. The third-order valence-electron chi connectivity index (χ3n) is 2.95. The lowest BCUT2D eigenvalue weighted by molar-refractivity contribution is 0.251. The zero-order chi connectivity index (χ0) is 12.5. The first-order chi connectivity index (χ1) is 8.75. The van der Waals surface area contributed by atoms with Crippen LogP contribution in [0.15, 0.2) is 41.8 Å². The summed E-state index contributed by atoms with van der Waals surface area (Å²) in [6.07, 6.45) is 0. The lowest BCUT2D eigenvalue weighted by Gasteiger charge is -2.22. The molecule has 0 aliphatic carbocycles. The molecule has 3 nitrogen and oxygen atoms in total. The minimum absolute atomic E-state index is 0.0111. The SMILES string of the molecule is O=C1NCC(c2cccs2)N1c1ccc(F)cc1. The van der Waals surface area contributed by atoms with Crippen LogP contribution in [-0.4, -0.2) is 12.6 Å². The standard InChI is InChI=1S/C13H11FN2OS/c14-9-3-5-10(6-4-9)16-11(8-15-13(16)17)12-2-1-7-18-12/h1-7,11H,8H2,(H,15,17). The summed E-state index contributed by atoms with van der Waals surface area (Å²) in [6, 6.07) is 9.81. The zero-order valence-corrected chi connectivity index (χ0v) is 10.3. The molecule has 18 heavy (non-hydrogen) atoms. The number of urea groups is 1. The summed E-state index contributed by atoms with van der Waals surface area (Å²) < 4.78 is 12.9. The molecule has 1 saturated heterocycles. The van der Waals surface area contributed by atoms with Crippen molar-refractivity contribution in [2.75, 3.05) is 11.4 Å². The Morgan fingerprint density at radius 3 is 2.72 bits per heavy atom. The predicted molar refractivity (Wildman–Crippen MR) is 69.3 cm³/mol. The van der Waals surface area contributed by atoms with Crippen LogP contribution in [0.5, 0.6) is 0 Å². The van der Waals surface area contributed by atoms with E-state index in [0.29, 0.717) is 12.2 Å². The van der Waals surface area contributed by atoms with Gasteiger partial charge in [0.1, 0.15) is 5.82 Å². The fraction of sp³-hybridized carbons (Fsp3) is 0.154. The van der Waals surface area contributed by atoms with Gasteiger partial charge in [-0.05, 0) is 35.7 Å². The van der Waals surface area contributed by atoms with Crippen molar-refractivity contribution < 1.29 is 9.18 Å². The van der Waals surface area contributed by atoms with E-state index < -0.39 is 0 Å². The Morgan fingerprint density at radius 2 is 2.06 bits per heavy atom. The van der Waals surface area contributed by atoms with Gasteiger partial charge in [-0.3, -0.25) is 4.90 Å². The summed E-state index contributed by atoms with van der Waals surface area (Å²) in [6.45, 7) is 0.580. The van der Waals surface area contributed by atoms with Crippen LogP contribution < -0.4 is 10.2 Å². The second kappa shape index (κ2) is 4.42. The molecule has 5 heteroatoms. The van der Waals surface area contributed by atoms with Crippen molar-refractivity contribution >= 4 is 23.1 Å². The molecule has 92 valence electrons. The van der Waals surface area contributed by atoms with E-state index in [1.54, 1.807) is 28.4 Å². The van der Waals surface area contributed by atoms with Crippen molar-refractivity contribution in [1.82, 2.24) is 5.32 Å². The quantitative estimate of drug-likeness (QED) is 0.886. The van der Waals surface area contributed by atoms with Gasteiger partial charge in [-0.2, -0.15) is 0 Å². The van der Waals surface area contributed by atoms with Crippen LogP contribution in [0.25, 0.3) is 0 Å². The second-order valence-corrected chi connectivity index (χ2v) is 5.04. The summed E-state index contributed by atoms with van der Waals surface area (Å²) in [7, 11) is 0. The normalized spacial score (nSPS) is 19.1. The minimum atomic E-state index is -0.300. The van der Waals surface area contributed by atoms with Crippen molar-refractivity contribution in [3.8, 4) is 0 Å². The first-order valence-electron chi connectivity index (χ1n) is 5.62. The number of benzene rings is 1. The lowest BCUT2D eigenvalue weighted by Crippen LogP contribution is -2.29. The number of hydrogen-bond acceptors (Lipinski definition) is 2. The Labute approximate surface area is 108 Å². The number of nitrogens with one attached hydrogen (secondary N) is 1. The lowest BCUT2D eigenvalue weighted by atomic mass is 10.2. The van der Waals surface area contributed by atoms with Crippen molar-refractivity contribution in [2.24, 2.45) is 0 Å². The third-order valence-corrected chi connectivity index (χ3v) is 3.93. The van der Waals surface area contributed by atoms with Gasteiger partial charge in [-0.25, -0.2) is 9.18 Å². The highest BCUT2D eigenvalue weighted by atomic mass is 32.1. The first kappa shape index (κ1) is 11.2. The van der Waals surface area contributed by atoms with Gasteiger partial charge in [0.2, 0.25) is 0 Å². The number of carbonyl (C=O) groups excluding carboxylic acids is 1. The topological polar surface area (TPSA) is 32.3 Å². The molecule has 1 aromatic heterocycles. The Morgan fingerprint density at radius 1 is 1.28 bits per heavy atom. The van der Waals surface area contributed by atoms with E-state index in [1.807, 2.05) is 17.5 Å². The monoisotopic (exact) mass is 262 g/mol. The van der Waals surface area contributed by atoms with E-state index in [0.717, 1.165) is 4.88 Å². The number of carbonyl (C=O) groups is 1. The minimum Gasteiger partial charge on any atom is -0.335 e. The molecule has 1 fully saturated rings. The molecule has 1 unspecified atom stereocenters.